The molecule has 0 spiro atoms. The second-order valence-corrected chi connectivity index (χ2v) is 6.34. The summed E-state index contributed by atoms with van der Waals surface area (Å²) in [5.41, 5.74) is 0.805. The van der Waals surface area contributed by atoms with Crippen LogP contribution in [0, 0.1) is 23.0 Å². The summed E-state index contributed by atoms with van der Waals surface area (Å²) in [4.78, 5) is 17.1. The van der Waals surface area contributed by atoms with Crippen molar-refractivity contribution in [2.45, 2.75) is 19.4 Å². The molecule has 24 heavy (non-hydrogen) atoms. The minimum Gasteiger partial charge on any atom is -0.381 e. The van der Waals surface area contributed by atoms with Crippen LogP contribution in [0.2, 0.25) is 0 Å². The molecule has 0 bridgehead atoms. The van der Waals surface area contributed by atoms with Crippen LogP contribution in [-0.2, 0) is 9.47 Å². The number of aryl methyl sites for hydroxylation is 1. The van der Waals surface area contributed by atoms with E-state index >= 15 is 0 Å². The lowest BCUT2D eigenvalue weighted by molar-refractivity contribution is -0.385. The van der Waals surface area contributed by atoms with Crippen LogP contribution >= 0.6 is 0 Å². The Hall–Kier alpha value is -1.77. The number of anilines is 1. The highest BCUT2D eigenvalue weighted by Gasteiger charge is 2.31. The summed E-state index contributed by atoms with van der Waals surface area (Å²) in [5.74, 6) is 1.20. The maximum atomic E-state index is 10.8. The quantitative estimate of drug-likeness (QED) is 0.621. The molecule has 132 valence electrons. The lowest BCUT2D eigenvalue weighted by Gasteiger charge is -2.37. The molecule has 0 aliphatic carbocycles. The van der Waals surface area contributed by atoms with Crippen LogP contribution in [0.5, 0.6) is 0 Å². The molecule has 2 fully saturated rings. The minimum atomic E-state index is -0.420. The lowest BCUT2D eigenvalue weighted by Crippen LogP contribution is -2.50. The molecule has 3 rings (SSSR count). The van der Waals surface area contributed by atoms with E-state index < -0.39 is 4.92 Å². The van der Waals surface area contributed by atoms with Gasteiger partial charge in [-0.05, 0) is 18.9 Å². The molecular weight excluding hydrogens is 312 g/mol. The number of aromatic nitrogens is 1. The first-order chi connectivity index (χ1) is 11.6. The fourth-order valence-corrected chi connectivity index (χ4v) is 3.41. The average Bonchev–Trinajstić information content (AvgIpc) is 3.11. The van der Waals surface area contributed by atoms with E-state index in [1.807, 2.05) is 6.92 Å². The molecule has 2 atom stereocenters. The highest BCUT2D eigenvalue weighted by atomic mass is 16.6. The molecule has 1 N–H and O–H groups in total. The van der Waals surface area contributed by atoms with Crippen molar-refractivity contribution in [2.24, 2.45) is 5.92 Å². The molecule has 0 aromatic carbocycles. The molecule has 8 nitrogen and oxygen atoms in total. The van der Waals surface area contributed by atoms with Gasteiger partial charge in [-0.25, -0.2) is 4.98 Å². The normalized spacial score (nSPS) is 23.1. The number of hydrogen-bond acceptors (Lipinski definition) is 7. The van der Waals surface area contributed by atoms with E-state index in [-0.39, 0.29) is 5.69 Å². The maximum Gasteiger partial charge on any atom is 0.287 e. The number of nitro groups is 1. The molecule has 1 aromatic rings. The van der Waals surface area contributed by atoms with Gasteiger partial charge in [-0.2, -0.15) is 0 Å². The van der Waals surface area contributed by atoms with Crippen molar-refractivity contribution in [1.82, 2.24) is 9.88 Å². The van der Waals surface area contributed by atoms with Crippen LogP contribution in [0.25, 0.3) is 0 Å². The number of rotatable bonds is 6. The van der Waals surface area contributed by atoms with E-state index in [9.17, 15) is 10.1 Å². The van der Waals surface area contributed by atoms with Gasteiger partial charge in [-0.1, -0.05) is 0 Å². The van der Waals surface area contributed by atoms with E-state index in [0.29, 0.717) is 17.8 Å². The van der Waals surface area contributed by atoms with E-state index in [1.165, 1.54) is 6.20 Å². The Morgan fingerprint density at radius 1 is 1.42 bits per heavy atom. The summed E-state index contributed by atoms with van der Waals surface area (Å²) in [6, 6.07) is 1.91. The van der Waals surface area contributed by atoms with E-state index in [0.717, 1.165) is 58.0 Å². The molecule has 0 amide bonds. The molecule has 0 unspecified atom stereocenters. The number of ether oxygens (including phenoxy) is 2. The Bertz CT molecular complexity index is 571. The third-order valence-corrected chi connectivity index (χ3v) is 4.78. The molecule has 8 heteroatoms. The fourth-order valence-electron chi connectivity index (χ4n) is 3.41. The van der Waals surface area contributed by atoms with E-state index in [2.05, 4.69) is 15.2 Å². The van der Waals surface area contributed by atoms with Crippen molar-refractivity contribution in [2.75, 3.05) is 51.4 Å². The van der Waals surface area contributed by atoms with Gasteiger partial charge in [-0.15, -0.1) is 0 Å². The van der Waals surface area contributed by atoms with Crippen molar-refractivity contribution in [3.8, 4) is 0 Å². The molecule has 2 saturated heterocycles. The molecule has 2 aliphatic heterocycles. The number of nitrogens with one attached hydrogen (secondary N) is 1. The van der Waals surface area contributed by atoms with Crippen molar-refractivity contribution in [3.05, 3.63) is 27.9 Å². The van der Waals surface area contributed by atoms with Crippen LogP contribution in [0.1, 0.15) is 12.0 Å². The van der Waals surface area contributed by atoms with Gasteiger partial charge in [0.25, 0.3) is 5.69 Å². The number of hydrogen-bond donors (Lipinski definition) is 1. The summed E-state index contributed by atoms with van der Waals surface area (Å²) in [5, 5.41) is 14.2. The second kappa shape index (κ2) is 7.87. The van der Waals surface area contributed by atoms with E-state index in [4.69, 9.17) is 9.47 Å². The highest BCUT2D eigenvalue weighted by Crippen LogP contribution is 2.24. The van der Waals surface area contributed by atoms with Gasteiger partial charge in [0.2, 0.25) is 0 Å². The first-order valence-electron chi connectivity index (χ1n) is 8.39. The van der Waals surface area contributed by atoms with Gasteiger partial charge < -0.3 is 14.8 Å². The van der Waals surface area contributed by atoms with Crippen LogP contribution in [0.3, 0.4) is 0 Å². The third kappa shape index (κ3) is 4.00. The Kier molecular flexibility index (Phi) is 5.60. The molecular formula is C16H24N4O4. The minimum absolute atomic E-state index is 0.0203. The molecule has 0 radical (unpaired) electrons. The first kappa shape index (κ1) is 17.1. The number of nitrogens with zero attached hydrogens (tertiary/aromatic N) is 3. The molecule has 3 heterocycles. The summed E-state index contributed by atoms with van der Waals surface area (Å²) >= 11 is 0. The topological polar surface area (TPSA) is 89.8 Å². The highest BCUT2D eigenvalue weighted by molar-refractivity contribution is 5.48. The molecule has 1 aromatic heterocycles. The fraction of sp³-hybridized carbons (Fsp3) is 0.688. The monoisotopic (exact) mass is 336 g/mol. The average molecular weight is 336 g/mol. The predicted molar refractivity (Wildman–Crippen MR) is 89.2 cm³/mol. The zero-order valence-corrected chi connectivity index (χ0v) is 13.9. The third-order valence-electron chi connectivity index (χ3n) is 4.78. The predicted octanol–water partition coefficient (Wildman–Crippen LogP) is 1.45. The van der Waals surface area contributed by atoms with Gasteiger partial charge in [0, 0.05) is 44.3 Å². The van der Waals surface area contributed by atoms with Gasteiger partial charge in [-0.3, -0.25) is 15.0 Å². The second-order valence-electron chi connectivity index (χ2n) is 6.34. The Balaban J connectivity index is 1.67. The number of morpholine rings is 1. The zero-order chi connectivity index (χ0) is 16.9. The molecule has 2 aliphatic rings. The Morgan fingerprint density at radius 3 is 2.83 bits per heavy atom. The van der Waals surface area contributed by atoms with Crippen LogP contribution in [-0.4, -0.2) is 66.9 Å². The van der Waals surface area contributed by atoms with E-state index in [1.54, 1.807) is 6.07 Å². The van der Waals surface area contributed by atoms with Crippen LogP contribution < -0.4 is 5.32 Å². The summed E-state index contributed by atoms with van der Waals surface area (Å²) in [6.07, 6.45) is 2.37. The van der Waals surface area contributed by atoms with Crippen molar-refractivity contribution >= 4 is 11.5 Å². The van der Waals surface area contributed by atoms with Gasteiger partial charge in [0.05, 0.1) is 24.7 Å². The summed E-state index contributed by atoms with van der Waals surface area (Å²) in [6.45, 7) is 7.57. The van der Waals surface area contributed by atoms with Crippen molar-refractivity contribution < 1.29 is 14.4 Å². The van der Waals surface area contributed by atoms with Crippen molar-refractivity contribution in [3.63, 3.8) is 0 Å². The van der Waals surface area contributed by atoms with Crippen molar-refractivity contribution in [1.29, 1.82) is 0 Å². The zero-order valence-electron chi connectivity index (χ0n) is 13.9. The SMILES string of the molecule is Cc1cc([N+](=O)[O-])cnc1NC[C@H]([C@H]1CCOC1)N1CCOCC1. The number of pyridine rings is 1. The lowest BCUT2D eigenvalue weighted by atomic mass is 9.97. The smallest absolute Gasteiger partial charge is 0.287 e. The Morgan fingerprint density at radius 2 is 2.21 bits per heavy atom. The first-order valence-corrected chi connectivity index (χ1v) is 8.39. The van der Waals surface area contributed by atoms with Crippen LogP contribution in [0.4, 0.5) is 11.5 Å². The standard InChI is InChI=1S/C16H24N4O4/c1-12-8-14(20(21)22)9-17-16(12)18-10-15(13-2-5-24-11-13)19-3-6-23-7-4-19/h8-9,13,15H,2-7,10-11H2,1H3,(H,17,18)/t13-,15+/m0/s1. The molecule has 0 saturated carbocycles. The Labute approximate surface area is 141 Å². The van der Waals surface area contributed by atoms with Gasteiger partial charge in [0.15, 0.2) is 0 Å². The van der Waals surface area contributed by atoms with Gasteiger partial charge >= 0.3 is 0 Å². The van der Waals surface area contributed by atoms with Crippen LogP contribution in [0.15, 0.2) is 12.3 Å². The van der Waals surface area contributed by atoms with Gasteiger partial charge in [0.1, 0.15) is 12.0 Å². The summed E-state index contributed by atoms with van der Waals surface area (Å²) < 4.78 is 11.0. The maximum absolute atomic E-state index is 10.8. The summed E-state index contributed by atoms with van der Waals surface area (Å²) in [7, 11) is 0. The largest absolute Gasteiger partial charge is 0.381 e.